The van der Waals surface area contributed by atoms with E-state index >= 15 is 0 Å². The van der Waals surface area contributed by atoms with Crippen molar-refractivity contribution in [2.75, 3.05) is 10.6 Å². The summed E-state index contributed by atoms with van der Waals surface area (Å²) in [6.45, 7) is 3.70. The Kier molecular flexibility index (Phi) is 7.43. The van der Waals surface area contributed by atoms with Crippen molar-refractivity contribution in [2.45, 2.75) is 24.0 Å². The first-order chi connectivity index (χ1) is 14.3. The monoisotopic (exact) mass is 458 g/mol. The van der Waals surface area contributed by atoms with E-state index in [0.29, 0.717) is 27.0 Å². The molecule has 2 amide bonds. The summed E-state index contributed by atoms with van der Waals surface area (Å²) in [5, 5.41) is 6.24. The molecular formula is C23H20Cl2N2O2S. The topological polar surface area (TPSA) is 58.2 Å². The Bertz CT molecular complexity index is 1090. The highest BCUT2D eigenvalue weighted by Crippen LogP contribution is 2.29. The highest BCUT2D eigenvalue weighted by Gasteiger charge is 2.17. The maximum Gasteiger partial charge on any atom is 0.255 e. The summed E-state index contributed by atoms with van der Waals surface area (Å²) in [7, 11) is 0. The van der Waals surface area contributed by atoms with Crippen LogP contribution in [0.2, 0.25) is 10.0 Å². The number of carbonyl (C=O) groups excluding carboxylic acids is 2. The molecule has 0 saturated carbocycles. The molecule has 0 saturated heterocycles. The maximum atomic E-state index is 12.6. The molecule has 0 fully saturated rings. The highest BCUT2D eigenvalue weighted by atomic mass is 35.5. The summed E-state index contributed by atoms with van der Waals surface area (Å²) in [4.78, 5) is 26.0. The van der Waals surface area contributed by atoms with Gasteiger partial charge in [-0.1, -0.05) is 47.5 Å². The van der Waals surface area contributed by atoms with Crippen molar-refractivity contribution in [1.82, 2.24) is 0 Å². The maximum absolute atomic E-state index is 12.6. The number of aryl methyl sites for hydroxylation is 1. The number of thioether (sulfide) groups is 1. The molecule has 154 valence electrons. The van der Waals surface area contributed by atoms with E-state index in [-0.39, 0.29) is 17.1 Å². The number of amides is 2. The Balaban J connectivity index is 1.65. The molecule has 1 unspecified atom stereocenters. The number of rotatable bonds is 6. The third-order valence-electron chi connectivity index (χ3n) is 4.35. The van der Waals surface area contributed by atoms with E-state index in [9.17, 15) is 9.59 Å². The number of halogens is 2. The highest BCUT2D eigenvalue weighted by molar-refractivity contribution is 8.00. The van der Waals surface area contributed by atoms with Gasteiger partial charge in [-0.15, -0.1) is 11.8 Å². The number of hydrogen-bond donors (Lipinski definition) is 2. The fourth-order valence-corrected chi connectivity index (χ4v) is 4.02. The summed E-state index contributed by atoms with van der Waals surface area (Å²) < 4.78 is 0. The second-order valence-electron chi connectivity index (χ2n) is 6.67. The van der Waals surface area contributed by atoms with Gasteiger partial charge in [-0.3, -0.25) is 9.59 Å². The molecule has 0 bridgehead atoms. The number of carbonyl (C=O) groups is 2. The van der Waals surface area contributed by atoms with Crippen LogP contribution in [0, 0.1) is 6.92 Å². The fourth-order valence-electron chi connectivity index (χ4n) is 2.76. The molecule has 3 aromatic carbocycles. The number of anilines is 2. The Labute approximate surface area is 190 Å². The predicted molar refractivity (Wildman–Crippen MR) is 126 cm³/mol. The molecule has 3 rings (SSSR count). The van der Waals surface area contributed by atoms with Gasteiger partial charge in [-0.05, 0) is 61.9 Å². The lowest BCUT2D eigenvalue weighted by atomic mass is 10.1. The van der Waals surface area contributed by atoms with Gasteiger partial charge >= 0.3 is 0 Å². The number of hydrogen-bond acceptors (Lipinski definition) is 3. The van der Waals surface area contributed by atoms with E-state index in [1.54, 1.807) is 31.2 Å². The van der Waals surface area contributed by atoms with Crippen LogP contribution in [0.15, 0.2) is 71.6 Å². The van der Waals surface area contributed by atoms with Crippen molar-refractivity contribution in [2.24, 2.45) is 0 Å². The van der Waals surface area contributed by atoms with Crippen LogP contribution >= 0.6 is 35.0 Å². The van der Waals surface area contributed by atoms with Gasteiger partial charge in [0.15, 0.2) is 0 Å². The zero-order valence-electron chi connectivity index (χ0n) is 16.4. The fraction of sp³-hybridized carbons (Fsp3) is 0.130. The van der Waals surface area contributed by atoms with Crippen LogP contribution in [0.25, 0.3) is 0 Å². The molecule has 1 atom stereocenters. The molecule has 7 heteroatoms. The molecule has 0 aliphatic carbocycles. The molecule has 0 radical (unpaired) electrons. The van der Waals surface area contributed by atoms with Crippen LogP contribution in [0.1, 0.15) is 22.8 Å². The molecular weight excluding hydrogens is 439 g/mol. The van der Waals surface area contributed by atoms with Gasteiger partial charge in [0.05, 0.1) is 16.0 Å². The summed E-state index contributed by atoms with van der Waals surface area (Å²) in [5.41, 5.74) is 2.67. The van der Waals surface area contributed by atoms with Crippen molar-refractivity contribution in [3.05, 3.63) is 87.9 Å². The van der Waals surface area contributed by atoms with Crippen molar-refractivity contribution >= 4 is 58.2 Å². The third-order valence-corrected chi connectivity index (χ3v) is 6.01. The van der Waals surface area contributed by atoms with Crippen LogP contribution < -0.4 is 10.6 Å². The van der Waals surface area contributed by atoms with Gasteiger partial charge < -0.3 is 10.6 Å². The van der Waals surface area contributed by atoms with Gasteiger partial charge in [0, 0.05) is 21.2 Å². The lowest BCUT2D eigenvalue weighted by Crippen LogP contribution is -2.22. The molecule has 4 nitrogen and oxygen atoms in total. The minimum Gasteiger partial charge on any atom is -0.324 e. The average molecular weight is 459 g/mol. The van der Waals surface area contributed by atoms with E-state index in [2.05, 4.69) is 10.6 Å². The summed E-state index contributed by atoms with van der Waals surface area (Å²) >= 11 is 13.5. The van der Waals surface area contributed by atoms with Gasteiger partial charge in [-0.2, -0.15) is 0 Å². The van der Waals surface area contributed by atoms with Crippen LogP contribution in [0.5, 0.6) is 0 Å². The average Bonchev–Trinajstić information content (AvgIpc) is 2.71. The largest absolute Gasteiger partial charge is 0.324 e. The lowest BCUT2D eigenvalue weighted by molar-refractivity contribution is -0.115. The zero-order chi connectivity index (χ0) is 21.7. The predicted octanol–water partition coefficient (Wildman–Crippen LogP) is 6.67. The normalized spacial score (nSPS) is 11.6. The van der Waals surface area contributed by atoms with Crippen LogP contribution in [-0.2, 0) is 4.79 Å². The minimum atomic E-state index is -0.387. The van der Waals surface area contributed by atoms with Gasteiger partial charge in [0.2, 0.25) is 5.91 Å². The quantitative estimate of drug-likeness (QED) is 0.405. The van der Waals surface area contributed by atoms with Crippen LogP contribution in [-0.4, -0.2) is 17.1 Å². The Hall–Kier alpha value is -2.47. The second-order valence-corrected chi connectivity index (χ2v) is 8.93. The first kappa shape index (κ1) is 22.2. The van der Waals surface area contributed by atoms with E-state index in [1.165, 1.54) is 11.8 Å². The lowest BCUT2D eigenvalue weighted by Gasteiger charge is -2.14. The van der Waals surface area contributed by atoms with E-state index in [4.69, 9.17) is 23.2 Å². The first-order valence-corrected chi connectivity index (χ1v) is 10.9. The molecule has 0 aromatic heterocycles. The summed E-state index contributed by atoms with van der Waals surface area (Å²) in [5.74, 6) is -0.366. The second kappa shape index (κ2) is 10.0. The van der Waals surface area contributed by atoms with Crippen LogP contribution in [0.4, 0.5) is 11.4 Å². The summed E-state index contributed by atoms with van der Waals surface area (Å²) in [6.07, 6.45) is 0. The number of nitrogens with one attached hydrogen (secondary N) is 2. The molecule has 3 aromatic rings. The summed E-state index contributed by atoms with van der Waals surface area (Å²) in [6, 6.07) is 19.7. The van der Waals surface area contributed by atoms with E-state index < -0.39 is 0 Å². The molecule has 0 aliphatic rings. The molecule has 30 heavy (non-hydrogen) atoms. The third kappa shape index (κ3) is 5.79. The Morgan fingerprint density at radius 1 is 0.933 bits per heavy atom. The Morgan fingerprint density at radius 3 is 2.47 bits per heavy atom. The van der Waals surface area contributed by atoms with E-state index in [0.717, 1.165) is 10.5 Å². The zero-order valence-corrected chi connectivity index (χ0v) is 18.7. The molecule has 0 aliphatic heterocycles. The van der Waals surface area contributed by atoms with Gasteiger partial charge in [0.1, 0.15) is 0 Å². The smallest absolute Gasteiger partial charge is 0.255 e. The SMILES string of the molecule is Cc1ccccc1C(=O)Nc1cccc(SC(C)C(=O)Nc2cc(Cl)ccc2Cl)c1. The molecule has 0 spiro atoms. The van der Waals surface area contributed by atoms with Gasteiger partial charge in [-0.25, -0.2) is 0 Å². The standard InChI is InChI=1S/C23H20Cl2N2O2S/c1-14-6-3-4-9-19(14)23(29)26-17-7-5-8-18(13-17)30-15(2)22(28)27-21-12-16(24)10-11-20(21)25/h3-13,15H,1-2H3,(H,26,29)(H,27,28). The van der Waals surface area contributed by atoms with Crippen molar-refractivity contribution in [3.8, 4) is 0 Å². The molecule has 2 N–H and O–H groups in total. The van der Waals surface area contributed by atoms with Gasteiger partial charge in [0.25, 0.3) is 5.91 Å². The van der Waals surface area contributed by atoms with Crippen molar-refractivity contribution in [1.29, 1.82) is 0 Å². The van der Waals surface area contributed by atoms with Crippen LogP contribution in [0.3, 0.4) is 0 Å². The van der Waals surface area contributed by atoms with Crippen molar-refractivity contribution in [3.63, 3.8) is 0 Å². The minimum absolute atomic E-state index is 0.170. The molecule has 0 heterocycles. The van der Waals surface area contributed by atoms with E-state index in [1.807, 2.05) is 49.4 Å². The number of benzene rings is 3. The first-order valence-electron chi connectivity index (χ1n) is 9.23. The Morgan fingerprint density at radius 2 is 1.70 bits per heavy atom. The van der Waals surface area contributed by atoms with Crippen molar-refractivity contribution < 1.29 is 9.59 Å².